The molecular formula is C19H16N2O7. The Bertz CT molecular complexity index is 940. The van der Waals surface area contributed by atoms with Gasteiger partial charge in [0.2, 0.25) is 0 Å². The van der Waals surface area contributed by atoms with Crippen molar-refractivity contribution in [3.8, 4) is 11.5 Å². The minimum absolute atomic E-state index is 0.0886. The molecule has 2 aromatic carbocycles. The topological polar surface area (TPSA) is 117 Å². The predicted molar refractivity (Wildman–Crippen MR) is 99.2 cm³/mol. The van der Waals surface area contributed by atoms with E-state index in [1.165, 1.54) is 24.3 Å². The summed E-state index contributed by atoms with van der Waals surface area (Å²) in [6.07, 6.45) is 2.46. The van der Waals surface area contributed by atoms with Crippen LogP contribution in [0.5, 0.6) is 11.5 Å². The fraction of sp³-hybridized carbons (Fsp3) is 0.158. The zero-order valence-electron chi connectivity index (χ0n) is 14.6. The van der Waals surface area contributed by atoms with E-state index in [0.717, 1.165) is 6.08 Å². The zero-order chi connectivity index (χ0) is 19.9. The molecule has 0 atom stereocenters. The Balaban J connectivity index is 1.49. The number of rotatable bonds is 6. The normalized spacial score (nSPS) is 12.4. The number of non-ortho nitro benzene ring substituents is 1. The molecule has 0 aliphatic carbocycles. The molecule has 0 saturated heterocycles. The van der Waals surface area contributed by atoms with Gasteiger partial charge in [-0.25, -0.2) is 4.79 Å². The number of nitro groups is 1. The molecule has 2 aromatic rings. The van der Waals surface area contributed by atoms with Crippen LogP contribution in [0.1, 0.15) is 5.56 Å². The maximum absolute atomic E-state index is 11.9. The summed E-state index contributed by atoms with van der Waals surface area (Å²) in [6, 6.07) is 10.7. The van der Waals surface area contributed by atoms with Gasteiger partial charge in [0, 0.05) is 30.0 Å². The maximum Gasteiger partial charge on any atom is 0.331 e. The summed E-state index contributed by atoms with van der Waals surface area (Å²) in [5.74, 6) is -0.138. The molecule has 144 valence electrons. The van der Waals surface area contributed by atoms with Crippen LogP contribution in [0.15, 0.2) is 48.5 Å². The fourth-order valence-electron chi connectivity index (χ4n) is 2.41. The number of amides is 1. The van der Waals surface area contributed by atoms with Crippen molar-refractivity contribution >= 4 is 29.3 Å². The fourth-order valence-corrected chi connectivity index (χ4v) is 2.41. The lowest BCUT2D eigenvalue weighted by molar-refractivity contribution is -0.384. The van der Waals surface area contributed by atoms with E-state index in [1.807, 2.05) is 0 Å². The molecule has 28 heavy (non-hydrogen) atoms. The molecule has 0 fully saturated rings. The van der Waals surface area contributed by atoms with Gasteiger partial charge in [-0.2, -0.15) is 0 Å². The number of nitro benzene ring substituents is 1. The van der Waals surface area contributed by atoms with Crippen LogP contribution in [0.25, 0.3) is 6.08 Å². The van der Waals surface area contributed by atoms with Crippen molar-refractivity contribution in [1.29, 1.82) is 0 Å². The number of nitrogens with zero attached hydrogens (tertiary/aromatic N) is 1. The Labute approximate surface area is 159 Å². The Kier molecular flexibility index (Phi) is 5.85. The number of hydrogen-bond donors (Lipinski definition) is 1. The number of nitrogens with one attached hydrogen (secondary N) is 1. The SMILES string of the molecule is O=C(COC(=O)/C=C/c1cccc([N+](=O)[O-])c1)Nc1ccc2c(c1)OCCO2. The monoisotopic (exact) mass is 384 g/mol. The van der Waals surface area contributed by atoms with Crippen LogP contribution in [0.2, 0.25) is 0 Å². The van der Waals surface area contributed by atoms with Crippen LogP contribution in [0.4, 0.5) is 11.4 Å². The third kappa shape index (κ3) is 5.07. The summed E-state index contributed by atoms with van der Waals surface area (Å²) in [6.45, 7) is 0.421. The highest BCUT2D eigenvalue weighted by Crippen LogP contribution is 2.32. The molecule has 1 aliphatic rings. The average molecular weight is 384 g/mol. The first-order valence-electron chi connectivity index (χ1n) is 8.30. The van der Waals surface area contributed by atoms with E-state index in [-0.39, 0.29) is 5.69 Å². The second-order valence-electron chi connectivity index (χ2n) is 5.70. The summed E-state index contributed by atoms with van der Waals surface area (Å²) >= 11 is 0. The molecule has 1 N–H and O–H groups in total. The summed E-state index contributed by atoms with van der Waals surface area (Å²) in [4.78, 5) is 33.8. The van der Waals surface area contributed by atoms with E-state index < -0.39 is 23.4 Å². The number of benzene rings is 2. The Morgan fingerprint density at radius 2 is 1.93 bits per heavy atom. The van der Waals surface area contributed by atoms with Gasteiger partial charge < -0.3 is 19.5 Å². The Hall–Kier alpha value is -3.88. The molecule has 0 spiro atoms. The molecule has 9 heteroatoms. The lowest BCUT2D eigenvalue weighted by Gasteiger charge is -2.18. The van der Waals surface area contributed by atoms with Crippen molar-refractivity contribution in [2.24, 2.45) is 0 Å². The van der Waals surface area contributed by atoms with Gasteiger partial charge in [-0.15, -0.1) is 0 Å². The molecule has 0 bridgehead atoms. The summed E-state index contributed by atoms with van der Waals surface area (Å²) < 4.78 is 15.7. The van der Waals surface area contributed by atoms with Crippen molar-refractivity contribution in [3.63, 3.8) is 0 Å². The van der Waals surface area contributed by atoms with Crippen LogP contribution in [-0.2, 0) is 14.3 Å². The number of ether oxygens (including phenoxy) is 3. The quantitative estimate of drug-likeness (QED) is 0.352. The van der Waals surface area contributed by atoms with Gasteiger partial charge in [-0.1, -0.05) is 12.1 Å². The van der Waals surface area contributed by atoms with E-state index >= 15 is 0 Å². The van der Waals surface area contributed by atoms with Crippen molar-refractivity contribution in [1.82, 2.24) is 0 Å². The molecular weight excluding hydrogens is 368 g/mol. The van der Waals surface area contributed by atoms with E-state index in [4.69, 9.17) is 14.2 Å². The third-order valence-corrected chi connectivity index (χ3v) is 3.66. The van der Waals surface area contributed by atoms with E-state index in [1.54, 1.807) is 24.3 Å². The van der Waals surface area contributed by atoms with Gasteiger partial charge in [-0.05, 0) is 23.8 Å². The smallest absolute Gasteiger partial charge is 0.331 e. The third-order valence-electron chi connectivity index (χ3n) is 3.66. The maximum atomic E-state index is 11.9. The molecule has 0 radical (unpaired) electrons. The number of carbonyl (C=O) groups is 2. The van der Waals surface area contributed by atoms with Gasteiger partial charge in [0.25, 0.3) is 11.6 Å². The number of fused-ring (bicyclic) bond motifs is 1. The molecule has 9 nitrogen and oxygen atoms in total. The molecule has 3 rings (SSSR count). The van der Waals surface area contributed by atoms with Crippen LogP contribution in [0.3, 0.4) is 0 Å². The predicted octanol–water partition coefficient (Wildman–Crippen LogP) is 2.56. The van der Waals surface area contributed by atoms with Crippen LogP contribution < -0.4 is 14.8 Å². The van der Waals surface area contributed by atoms with Crippen molar-refractivity contribution in [2.45, 2.75) is 0 Å². The molecule has 1 aliphatic heterocycles. The number of hydrogen-bond acceptors (Lipinski definition) is 7. The van der Waals surface area contributed by atoms with Crippen molar-refractivity contribution in [3.05, 3.63) is 64.2 Å². The highest BCUT2D eigenvalue weighted by Gasteiger charge is 2.13. The lowest BCUT2D eigenvalue weighted by Crippen LogP contribution is -2.20. The standard InChI is InChI=1S/C19H16N2O7/c22-18(20-14-5-6-16-17(11-14)27-9-8-26-16)12-28-19(23)7-4-13-2-1-3-15(10-13)21(24)25/h1-7,10-11H,8-9,12H2,(H,20,22)/b7-4+. The van der Waals surface area contributed by atoms with Crippen molar-refractivity contribution in [2.75, 3.05) is 25.1 Å². The second-order valence-corrected chi connectivity index (χ2v) is 5.70. The summed E-state index contributed by atoms with van der Waals surface area (Å²) in [7, 11) is 0. The van der Waals surface area contributed by atoms with Gasteiger partial charge in [0.15, 0.2) is 18.1 Å². The van der Waals surface area contributed by atoms with E-state index in [9.17, 15) is 19.7 Å². The van der Waals surface area contributed by atoms with E-state index in [2.05, 4.69) is 5.32 Å². The number of anilines is 1. The second kappa shape index (κ2) is 8.67. The largest absolute Gasteiger partial charge is 0.486 e. The van der Waals surface area contributed by atoms with Gasteiger partial charge in [0.05, 0.1) is 4.92 Å². The minimum atomic E-state index is -0.746. The molecule has 1 heterocycles. The van der Waals surface area contributed by atoms with Crippen molar-refractivity contribution < 1.29 is 28.7 Å². The first-order chi connectivity index (χ1) is 13.5. The summed E-state index contributed by atoms with van der Waals surface area (Å²) in [5, 5.41) is 13.3. The molecule has 1 amide bonds. The highest BCUT2D eigenvalue weighted by atomic mass is 16.6. The number of esters is 1. The first-order valence-corrected chi connectivity index (χ1v) is 8.30. The van der Waals surface area contributed by atoms with Gasteiger partial charge in [-0.3, -0.25) is 14.9 Å². The zero-order valence-corrected chi connectivity index (χ0v) is 14.6. The van der Waals surface area contributed by atoms with Crippen LogP contribution in [-0.4, -0.2) is 36.6 Å². The molecule has 0 aromatic heterocycles. The van der Waals surface area contributed by atoms with Gasteiger partial charge >= 0.3 is 5.97 Å². The summed E-state index contributed by atoms with van der Waals surface area (Å²) in [5.41, 5.74) is 0.860. The van der Waals surface area contributed by atoms with Gasteiger partial charge in [0.1, 0.15) is 13.2 Å². The first kappa shape index (κ1) is 18.9. The molecule has 0 saturated carbocycles. The van der Waals surface area contributed by atoms with E-state index in [0.29, 0.717) is 36.0 Å². The Morgan fingerprint density at radius 3 is 2.71 bits per heavy atom. The minimum Gasteiger partial charge on any atom is -0.486 e. The Morgan fingerprint density at radius 1 is 1.14 bits per heavy atom. The average Bonchev–Trinajstić information content (AvgIpc) is 2.71. The van der Waals surface area contributed by atoms with Crippen LogP contribution >= 0.6 is 0 Å². The number of carbonyl (C=O) groups excluding carboxylic acids is 2. The molecule has 0 unspecified atom stereocenters. The lowest BCUT2D eigenvalue weighted by atomic mass is 10.2. The van der Waals surface area contributed by atoms with Crippen LogP contribution in [0, 0.1) is 10.1 Å². The highest BCUT2D eigenvalue weighted by molar-refractivity contribution is 5.94.